The lowest BCUT2D eigenvalue weighted by Crippen LogP contribution is -2.52. The summed E-state index contributed by atoms with van der Waals surface area (Å²) in [7, 11) is -4.09. The summed E-state index contributed by atoms with van der Waals surface area (Å²) in [5, 5.41) is 2.94. The first kappa shape index (κ1) is 30.4. The van der Waals surface area contributed by atoms with E-state index in [-0.39, 0.29) is 23.4 Å². The van der Waals surface area contributed by atoms with Crippen LogP contribution in [0.25, 0.3) is 0 Å². The average Bonchev–Trinajstić information content (AvgIpc) is 2.91. The van der Waals surface area contributed by atoms with Gasteiger partial charge in [-0.3, -0.25) is 13.9 Å². The molecule has 0 aromatic heterocycles. The standard InChI is InChI=1S/C30H36BrN3O4S/c1-6-23(4)32-30(36)24(5)33(19-25-11-7-21(2)8-12-25)29(35)20-34(27-15-13-26(31)14-16-27)39(37,38)28-17-9-22(3)10-18-28/h7-18,23-24H,6,19-20H2,1-5H3,(H,32,36)/t23-,24+/m0/s1. The van der Waals surface area contributed by atoms with Crippen molar-refractivity contribution in [3.05, 3.63) is 94.0 Å². The predicted octanol–water partition coefficient (Wildman–Crippen LogP) is 5.59. The van der Waals surface area contributed by atoms with Crippen LogP contribution in [0.15, 0.2) is 82.2 Å². The number of carbonyl (C=O) groups is 2. The number of sulfonamides is 1. The summed E-state index contributed by atoms with van der Waals surface area (Å²) >= 11 is 3.39. The van der Waals surface area contributed by atoms with Crippen LogP contribution in [0.1, 0.15) is 43.9 Å². The van der Waals surface area contributed by atoms with Crippen LogP contribution >= 0.6 is 15.9 Å². The van der Waals surface area contributed by atoms with Crippen LogP contribution in [-0.2, 0) is 26.2 Å². The maximum absolute atomic E-state index is 13.9. The zero-order valence-electron chi connectivity index (χ0n) is 23.0. The molecular formula is C30H36BrN3O4S. The number of carbonyl (C=O) groups excluding carboxylic acids is 2. The van der Waals surface area contributed by atoms with Gasteiger partial charge in [-0.1, -0.05) is 70.4 Å². The fourth-order valence-electron chi connectivity index (χ4n) is 3.91. The lowest BCUT2D eigenvalue weighted by atomic mass is 10.1. The van der Waals surface area contributed by atoms with E-state index < -0.39 is 28.5 Å². The van der Waals surface area contributed by atoms with Gasteiger partial charge in [0.05, 0.1) is 10.6 Å². The summed E-state index contributed by atoms with van der Waals surface area (Å²) in [6, 6.07) is 20.1. The predicted molar refractivity (Wildman–Crippen MR) is 159 cm³/mol. The Balaban J connectivity index is 2.01. The smallest absolute Gasteiger partial charge is 0.264 e. The molecule has 3 rings (SSSR count). The number of halogens is 1. The van der Waals surface area contributed by atoms with Crippen LogP contribution in [0.4, 0.5) is 5.69 Å². The molecule has 0 bridgehead atoms. The first-order chi connectivity index (χ1) is 18.4. The van der Waals surface area contributed by atoms with Gasteiger partial charge in [0.2, 0.25) is 11.8 Å². The fourth-order valence-corrected chi connectivity index (χ4v) is 5.59. The third kappa shape index (κ3) is 7.92. The maximum Gasteiger partial charge on any atom is 0.264 e. The van der Waals surface area contributed by atoms with Crippen molar-refractivity contribution in [2.75, 3.05) is 10.8 Å². The molecule has 9 heteroatoms. The molecule has 0 saturated heterocycles. The van der Waals surface area contributed by atoms with Crippen LogP contribution in [0.2, 0.25) is 0 Å². The second-order valence-corrected chi connectivity index (χ2v) is 12.6. The molecule has 0 fully saturated rings. The molecule has 0 heterocycles. The van der Waals surface area contributed by atoms with E-state index >= 15 is 0 Å². The number of anilines is 1. The Morgan fingerprint density at radius 1 is 0.872 bits per heavy atom. The van der Waals surface area contributed by atoms with Gasteiger partial charge in [-0.2, -0.15) is 0 Å². The van der Waals surface area contributed by atoms with Crippen LogP contribution in [0.5, 0.6) is 0 Å². The maximum atomic E-state index is 13.9. The minimum absolute atomic E-state index is 0.0579. The summed E-state index contributed by atoms with van der Waals surface area (Å²) in [6.07, 6.45) is 0.747. The molecule has 39 heavy (non-hydrogen) atoms. The zero-order valence-corrected chi connectivity index (χ0v) is 25.4. The minimum Gasteiger partial charge on any atom is -0.352 e. The van der Waals surface area contributed by atoms with Crippen molar-refractivity contribution < 1.29 is 18.0 Å². The number of benzene rings is 3. The highest BCUT2D eigenvalue weighted by molar-refractivity contribution is 9.10. The van der Waals surface area contributed by atoms with E-state index in [1.807, 2.05) is 52.0 Å². The molecular weight excluding hydrogens is 578 g/mol. The second-order valence-electron chi connectivity index (χ2n) is 9.80. The molecule has 0 saturated carbocycles. The number of aryl methyl sites for hydroxylation is 2. The Bertz CT molecular complexity index is 1380. The molecule has 2 atom stereocenters. The number of hydrogen-bond acceptors (Lipinski definition) is 4. The third-order valence-electron chi connectivity index (χ3n) is 6.64. The fraction of sp³-hybridized carbons (Fsp3) is 0.333. The van der Waals surface area contributed by atoms with Gasteiger partial charge in [-0.05, 0) is 76.1 Å². The molecule has 0 spiro atoms. The van der Waals surface area contributed by atoms with Gasteiger partial charge in [0, 0.05) is 17.1 Å². The van der Waals surface area contributed by atoms with Gasteiger partial charge >= 0.3 is 0 Å². The van der Waals surface area contributed by atoms with Crippen molar-refractivity contribution >= 4 is 43.5 Å². The molecule has 0 aliphatic heterocycles. The molecule has 208 valence electrons. The van der Waals surface area contributed by atoms with Gasteiger partial charge in [0.25, 0.3) is 10.0 Å². The molecule has 0 aliphatic rings. The SMILES string of the molecule is CC[C@H](C)NC(=O)[C@@H](C)N(Cc1ccc(C)cc1)C(=O)CN(c1ccc(Br)cc1)S(=O)(=O)c1ccc(C)cc1. The van der Waals surface area contributed by atoms with Gasteiger partial charge in [-0.15, -0.1) is 0 Å². The van der Waals surface area contributed by atoms with E-state index in [0.717, 1.165) is 31.9 Å². The number of nitrogens with zero attached hydrogens (tertiary/aromatic N) is 2. The van der Waals surface area contributed by atoms with Crippen LogP contribution in [0.3, 0.4) is 0 Å². The Kier molecular flexibility index (Phi) is 10.3. The zero-order chi connectivity index (χ0) is 28.7. The van der Waals surface area contributed by atoms with E-state index in [0.29, 0.717) is 5.69 Å². The van der Waals surface area contributed by atoms with E-state index in [4.69, 9.17) is 0 Å². The summed E-state index contributed by atoms with van der Waals surface area (Å²) in [4.78, 5) is 28.6. The van der Waals surface area contributed by atoms with Gasteiger partial charge in [0.1, 0.15) is 12.6 Å². The topological polar surface area (TPSA) is 86.8 Å². The largest absolute Gasteiger partial charge is 0.352 e. The summed E-state index contributed by atoms with van der Waals surface area (Å²) < 4.78 is 29.6. The van der Waals surface area contributed by atoms with E-state index in [2.05, 4.69) is 21.2 Å². The lowest BCUT2D eigenvalue weighted by Gasteiger charge is -2.32. The summed E-state index contributed by atoms with van der Waals surface area (Å²) in [5.74, 6) is -0.776. The second kappa shape index (κ2) is 13.3. The van der Waals surface area contributed by atoms with Crippen molar-refractivity contribution in [3.8, 4) is 0 Å². The molecule has 1 N–H and O–H groups in total. The Labute approximate surface area is 240 Å². The van der Waals surface area contributed by atoms with Crippen molar-refractivity contribution in [2.45, 2.75) is 64.6 Å². The first-order valence-corrected chi connectivity index (χ1v) is 15.2. The molecule has 0 unspecified atom stereocenters. The van der Waals surface area contributed by atoms with Gasteiger partial charge < -0.3 is 10.2 Å². The Morgan fingerprint density at radius 3 is 1.95 bits per heavy atom. The van der Waals surface area contributed by atoms with E-state index in [9.17, 15) is 18.0 Å². The average molecular weight is 615 g/mol. The molecule has 3 aromatic rings. The van der Waals surface area contributed by atoms with Gasteiger partial charge in [-0.25, -0.2) is 8.42 Å². The minimum atomic E-state index is -4.09. The van der Waals surface area contributed by atoms with Crippen molar-refractivity contribution in [3.63, 3.8) is 0 Å². The summed E-state index contributed by atoms with van der Waals surface area (Å²) in [5.41, 5.74) is 3.18. The van der Waals surface area contributed by atoms with Crippen LogP contribution < -0.4 is 9.62 Å². The molecule has 3 aromatic carbocycles. The van der Waals surface area contributed by atoms with E-state index in [1.165, 1.54) is 17.0 Å². The molecule has 0 radical (unpaired) electrons. The van der Waals surface area contributed by atoms with Crippen molar-refractivity contribution in [2.24, 2.45) is 0 Å². The van der Waals surface area contributed by atoms with Crippen molar-refractivity contribution in [1.82, 2.24) is 10.2 Å². The number of hydrogen-bond donors (Lipinski definition) is 1. The number of amides is 2. The van der Waals surface area contributed by atoms with Gasteiger partial charge in [0.15, 0.2) is 0 Å². The molecule has 7 nitrogen and oxygen atoms in total. The van der Waals surface area contributed by atoms with Crippen LogP contribution in [-0.4, -0.2) is 43.8 Å². The highest BCUT2D eigenvalue weighted by Crippen LogP contribution is 2.26. The Hall–Kier alpha value is -3.17. The summed E-state index contributed by atoms with van der Waals surface area (Å²) in [6.45, 7) is 9.08. The Morgan fingerprint density at radius 2 is 1.41 bits per heavy atom. The molecule has 2 amide bonds. The normalized spacial score (nSPS) is 12.9. The molecule has 0 aliphatic carbocycles. The first-order valence-electron chi connectivity index (χ1n) is 12.9. The lowest BCUT2D eigenvalue weighted by molar-refractivity contribution is -0.139. The van der Waals surface area contributed by atoms with Crippen LogP contribution in [0, 0.1) is 13.8 Å². The third-order valence-corrected chi connectivity index (χ3v) is 8.96. The monoisotopic (exact) mass is 613 g/mol. The quantitative estimate of drug-likeness (QED) is 0.305. The highest BCUT2D eigenvalue weighted by Gasteiger charge is 2.32. The number of rotatable bonds is 11. The number of nitrogens with one attached hydrogen (secondary N) is 1. The highest BCUT2D eigenvalue weighted by atomic mass is 79.9. The van der Waals surface area contributed by atoms with E-state index in [1.54, 1.807) is 43.3 Å². The van der Waals surface area contributed by atoms with Crippen molar-refractivity contribution in [1.29, 1.82) is 0 Å².